The molecule has 0 atom stereocenters. The van der Waals surface area contributed by atoms with Crippen molar-refractivity contribution in [2.75, 3.05) is 7.05 Å². The van der Waals surface area contributed by atoms with Gasteiger partial charge >= 0.3 is 0 Å². The Morgan fingerprint density at radius 2 is 2.29 bits per heavy atom. The van der Waals surface area contributed by atoms with Gasteiger partial charge in [0, 0.05) is 37.7 Å². The van der Waals surface area contributed by atoms with E-state index >= 15 is 0 Å². The van der Waals surface area contributed by atoms with E-state index in [2.05, 4.69) is 20.3 Å². The first-order valence-corrected chi connectivity index (χ1v) is 10.4. The predicted molar refractivity (Wildman–Crippen MR) is 124 cm³/mol. The number of H-pyrrole nitrogens is 1. The number of carbonyl (C=O) groups is 1. The molecule has 158 valence electrons. The lowest BCUT2D eigenvalue weighted by atomic mass is 10.1. The predicted octanol–water partition coefficient (Wildman–Crippen LogP) is 2.82. The summed E-state index contributed by atoms with van der Waals surface area (Å²) in [7, 11) is 3.70. The van der Waals surface area contributed by atoms with Crippen LogP contribution >= 0.6 is 11.3 Å². The van der Waals surface area contributed by atoms with E-state index in [1.54, 1.807) is 10.8 Å². The normalized spacial score (nSPS) is 12.3. The first kappa shape index (κ1) is 20.5. The zero-order chi connectivity index (χ0) is 22.0. The van der Waals surface area contributed by atoms with Gasteiger partial charge in [-0.3, -0.25) is 14.9 Å². The van der Waals surface area contributed by atoms with Crippen molar-refractivity contribution in [1.29, 1.82) is 5.41 Å². The van der Waals surface area contributed by atoms with E-state index in [0.717, 1.165) is 43.7 Å². The number of aromatic amines is 1. The maximum Gasteiger partial charge on any atom is 0.167 e. The quantitative estimate of drug-likeness (QED) is 0.223. The zero-order valence-electron chi connectivity index (χ0n) is 17.2. The van der Waals surface area contributed by atoms with E-state index in [1.165, 1.54) is 23.8 Å². The second-order valence-electron chi connectivity index (χ2n) is 7.11. The average Bonchev–Trinajstić information content (AvgIpc) is 3.46. The molecule has 0 saturated carbocycles. The number of allylic oxidation sites excluding steroid dienone is 1. The van der Waals surface area contributed by atoms with Gasteiger partial charge in [0.05, 0.1) is 34.9 Å². The molecule has 4 rings (SSSR count). The maximum absolute atomic E-state index is 11.7. The fraction of sp³-hybridized carbons (Fsp3) is 0.190. The third kappa shape index (κ3) is 3.84. The van der Waals surface area contributed by atoms with Crippen LogP contribution in [0.15, 0.2) is 41.3 Å². The molecule has 0 saturated heterocycles. The van der Waals surface area contributed by atoms with Gasteiger partial charge in [-0.15, -0.1) is 11.3 Å². The summed E-state index contributed by atoms with van der Waals surface area (Å²) < 4.78 is 2.65. The van der Waals surface area contributed by atoms with E-state index in [0.29, 0.717) is 24.2 Å². The highest BCUT2D eigenvalue weighted by atomic mass is 32.1. The number of nitrogens with one attached hydrogen (secondary N) is 2. The van der Waals surface area contributed by atoms with Crippen LogP contribution in [0.25, 0.3) is 21.3 Å². The molecule has 31 heavy (non-hydrogen) atoms. The number of nitrogens with zero attached hydrogens (tertiary/aromatic N) is 5. The molecule has 3 heterocycles. The summed E-state index contributed by atoms with van der Waals surface area (Å²) in [5.74, 6) is 0. The highest BCUT2D eigenvalue weighted by Crippen LogP contribution is 2.30. The third-order valence-corrected chi connectivity index (χ3v) is 6.16. The fourth-order valence-electron chi connectivity index (χ4n) is 3.46. The molecule has 0 radical (unpaired) electrons. The number of aryl methyl sites for hydroxylation is 1. The van der Waals surface area contributed by atoms with Gasteiger partial charge in [-0.25, -0.2) is 4.98 Å². The number of aromatic nitrogens is 4. The van der Waals surface area contributed by atoms with Gasteiger partial charge in [0.1, 0.15) is 5.01 Å². The fourth-order valence-corrected chi connectivity index (χ4v) is 4.60. The van der Waals surface area contributed by atoms with Crippen LogP contribution in [0.5, 0.6) is 0 Å². The summed E-state index contributed by atoms with van der Waals surface area (Å²) >= 11 is 1.48. The number of hydrogen-bond donors (Lipinski definition) is 3. The SMILES string of the molecule is CN(Cc1cccc2[nH]ncc12)/N=C\c1c(C=O)n(C)c2nc(C/C(C=N)=C/N)sc12. The topological polar surface area (TPSA) is 129 Å². The Morgan fingerprint density at radius 3 is 3.03 bits per heavy atom. The summed E-state index contributed by atoms with van der Waals surface area (Å²) in [5, 5.41) is 22.8. The summed E-state index contributed by atoms with van der Waals surface area (Å²) in [4.78, 5) is 16.4. The number of aldehydes is 1. The molecule has 0 fully saturated rings. The van der Waals surface area contributed by atoms with Gasteiger partial charge in [-0.1, -0.05) is 12.1 Å². The molecule has 9 nitrogen and oxygen atoms in total. The minimum atomic E-state index is 0.473. The highest BCUT2D eigenvalue weighted by Gasteiger charge is 2.18. The van der Waals surface area contributed by atoms with Crippen LogP contribution in [0.3, 0.4) is 0 Å². The molecular formula is C21H22N8OS. The van der Waals surface area contributed by atoms with Gasteiger partial charge in [-0.2, -0.15) is 10.2 Å². The molecule has 1 aromatic carbocycles. The number of thiazole rings is 1. The smallest absolute Gasteiger partial charge is 0.167 e. The van der Waals surface area contributed by atoms with Crippen LogP contribution in [-0.4, -0.2) is 50.5 Å². The third-order valence-electron chi connectivity index (χ3n) is 5.08. The van der Waals surface area contributed by atoms with Crippen LogP contribution in [-0.2, 0) is 20.0 Å². The number of hydrogen-bond acceptors (Lipinski definition) is 8. The van der Waals surface area contributed by atoms with Gasteiger partial charge < -0.3 is 15.7 Å². The largest absolute Gasteiger partial charge is 0.404 e. The Labute approximate surface area is 182 Å². The van der Waals surface area contributed by atoms with E-state index in [1.807, 2.05) is 43.5 Å². The van der Waals surface area contributed by atoms with Gasteiger partial charge in [-0.05, 0) is 23.4 Å². The Bertz CT molecular complexity index is 1330. The van der Waals surface area contributed by atoms with Crippen molar-refractivity contribution < 1.29 is 4.79 Å². The van der Waals surface area contributed by atoms with Gasteiger partial charge in [0.15, 0.2) is 11.9 Å². The molecule has 0 bridgehead atoms. The van der Waals surface area contributed by atoms with Crippen molar-refractivity contribution in [3.63, 3.8) is 0 Å². The lowest BCUT2D eigenvalue weighted by Gasteiger charge is -2.13. The summed E-state index contributed by atoms with van der Waals surface area (Å²) in [6.07, 6.45) is 7.45. The number of benzene rings is 1. The van der Waals surface area contributed by atoms with Crippen molar-refractivity contribution in [2.24, 2.45) is 17.9 Å². The molecule has 4 aromatic rings. The van der Waals surface area contributed by atoms with Gasteiger partial charge in [0.25, 0.3) is 0 Å². The van der Waals surface area contributed by atoms with Crippen molar-refractivity contribution in [3.8, 4) is 0 Å². The van der Waals surface area contributed by atoms with Crippen LogP contribution < -0.4 is 5.73 Å². The van der Waals surface area contributed by atoms with E-state index in [9.17, 15) is 4.79 Å². The molecule has 4 N–H and O–H groups in total. The van der Waals surface area contributed by atoms with Crippen molar-refractivity contribution in [2.45, 2.75) is 13.0 Å². The van der Waals surface area contributed by atoms with E-state index in [-0.39, 0.29) is 0 Å². The molecule has 0 spiro atoms. The number of fused-ring (bicyclic) bond motifs is 2. The monoisotopic (exact) mass is 434 g/mol. The Morgan fingerprint density at radius 1 is 1.45 bits per heavy atom. The van der Waals surface area contributed by atoms with Crippen molar-refractivity contribution in [3.05, 3.63) is 58.0 Å². The van der Waals surface area contributed by atoms with Crippen LogP contribution in [0.2, 0.25) is 0 Å². The van der Waals surface area contributed by atoms with Crippen LogP contribution in [0.4, 0.5) is 0 Å². The van der Waals surface area contributed by atoms with Gasteiger partial charge in [0.2, 0.25) is 0 Å². The summed E-state index contributed by atoms with van der Waals surface area (Å²) in [5.41, 5.74) is 10.3. The molecule has 0 aliphatic rings. The molecule has 0 unspecified atom stereocenters. The molecule has 10 heteroatoms. The number of carbonyl (C=O) groups excluding carboxylic acids is 1. The molecule has 0 aliphatic heterocycles. The second kappa shape index (κ2) is 8.52. The van der Waals surface area contributed by atoms with Crippen LogP contribution in [0.1, 0.15) is 26.6 Å². The average molecular weight is 435 g/mol. The Balaban J connectivity index is 1.63. The standard InChI is InChI=1S/C21H22N8OS/c1-28(11-14-4-3-5-17-15(14)9-24-27-17)25-10-16-18(12-30)29(2)21-20(16)31-19(26-21)6-13(7-22)8-23/h3-5,7-10,12,22H,6,11,23H2,1-2H3,(H,24,27)/b13-8-,22-7?,25-10-. The minimum Gasteiger partial charge on any atom is -0.404 e. The molecule has 3 aromatic heterocycles. The summed E-state index contributed by atoms with van der Waals surface area (Å²) in [6.45, 7) is 0.595. The Kier molecular flexibility index (Phi) is 5.63. The molecule has 0 amide bonds. The van der Waals surface area contributed by atoms with Crippen LogP contribution in [0, 0.1) is 5.41 Å². The number of nitrogens with two attached hydrogens (primary N) is 1. The highest BCUT2D eigenvalue weighted by molar-refractivity contribution is 7.19. The number of rotatable bonds is 8. The van der Waals surface area contributed by atoms with Crippen molar-refractivity contribution >= 4 is 51.3 Å². The summed E-state index contributed by atoms with van der Waals surface area (Å²) in [6, 6.07) is 6.01. The molecular weight excluding hydrogens is 412 g/mol. The zero-order valence-corrected chi connectivity index (χ0v) is 18.0. The lowest BCUT2D eigenvalue weighted by Crippen LogP contribution is -2.11. The lowest BCUT2D eigenvalue weighted by molar-refractivity contribution is 0.111. The molecule has 0 aliphatic carbocycles. The van der Waals surface area contributed by atoms with E-state index < -0.39 is 0 Å². The second-order valence-corrected chi connectivity index (χ2v) is 8.19. The Hall–Kier alpha value is -3.79. The minimum absolute atomic E-state index is 0.473. The maximum atomic E-state index is 11.7. The first-order chi connectivity index (χ1) is 15.0. The number of hydrazone groups is 1. The first-order valence-electron chi connectivity index (χ1n) is 9.56. The van der Waals surface area contributed by atoms with Crippen molar-refractivity contribution in [1.82, 2.24) is 24.8 Å². The van der Waals surface area contributed by atoms with E-state index in [4.69, 9.17) is 11.1 Å².